The number of aromatic nitrogens is 2. The minimum absolute atomic E-state index is 0.190. The summed E-state index contributed by atoms with van der Waals surface area (Å²) in [5, 5.41) is 0. The lowest BCUT2D eigenvalue weighted by molar-refractivity contribution is 0.144. The lowest BCUT2D eigenvalue weighted by Crippen LogP contribution is -2.23. The molecule has 0 unspecified atom stereocenters. The summed E-state index contributed by atoms with van der Waals surface area (Å²) in [6.45, 7) is 8.36. The number of aryl methyl sites for hydroxylation is 1. The summed E-state index contributed by atoms with van der Waals surface area (Å²) in [7, 11) is 0. The van der Waals surface area contributed by atoms with Crippen molar-refractivity contribution >= 4 is 0 Å². The van der Waals surface area contributed by atoms with E-state index < -0.39 is 0 Å². The first kappa shape index (κ1) is 15.9. The molecule has 122 valence electrons. The van der Waals surface area contributed by atoms with Crippen molar-refractivity contribution in [3.8, 4) is 0 Å². The number of hydrogen-bond donors (Lipinski definition) is 0. The fourth-order valence-corrected chi connectivity index (χ4v) is 2.92. The second-order valence-electron chi connectivity index (χ2n) is 5.83. The van der Waals surface area contributed by atoms with Gasteiger partial charge >= 0.3 is 0 Å². The van der Waals surface area contributed by atoms with Gasteiger partial charge in [0.2, 0.25) is 0 Å². The highest BCUT2D eigenvalue weighted by Gasteiger charge is 2.18. The zero-order valence-electron chi connectivity index (χ0n) is 13.2. The number of rotatable bonds is 6. The molecule has 1 aromatic heterocycles. The molecule has 0 saturated carbocycles. The van der Waals surface area contributed by atoms with Crippen molar-refractivity contribution in [1.82, 2.24) is 14.5 Å². The van der Waals surface area contributed by atoms with Gasteiger partial charge in [0, 0.05) is 26.2 Å². The summed E-state index contributed by atoms with van der Waals surface area (Å²) >= 11 is 0. The molecule has 0 radical (unpaired) electrons. The van der Waals surface area contributed by atoms with Crippen LogP contribution in [0.4, 0.5) is 4.39 Å². The van der Waals surface area contributed by atoms with E-state index in [9.17, 15) is 4.39 Å². The maximum atomic E-state index is 13.0. The van der Waals surface area contributed by atoms with E-state index in [0.717, 1.165) is 43.9 Å². The SMILES string of the molecule is C=CCOCc1ncn2c1CN(Cc1ccc(F)cc1)CCC2. The Morgan fingerprint density at radius 3 is 2.87 bits per heavy atom. The Balaban J connectivity index is 1.70. The Morgan fingerprint density at radius 2 is 2.09 bits per heavy atom. The Kier molecular flexibility index (Phi) is 5.20. The van der Waals surface area contributed by atoms with Crippen LogP contribution in [0.3, 0.4) is 0 Å². The van der Waals surface area contributed by atoms with Crippen LogP contribution in [0.15, 0.2) is 43.2 Å². The fraction of sp³-hybridized carbons (Fsp3) is 0.389. The first-order valence-corrected chi connectivity index (χ1v) is 7.94. The van der Waals surface area contributed by atoms with Gasteiger partial charge in [0.05, 0.1) is 30.9 Å². The predicted molar refractivity (Wildman–Crippen MR) is 87.2 cm³/mol. The van der Waals surface area contributed by atoms with Crippen LogP contribution < -0.4 is 0 Å². The Morgan fingerprint density at radius 1 is 1.26 bits per heavy atom. The maximum absolute atomic E-state index is 13.0. The van der Waals surface area contributed by atoms with E-state index in [2.05, 4.69) is 21.0 Å². The van der Waals surface area contributed by atoms with Crippen molar-refractivity contribution in [2.24, 2.45) is 0 Å². The summed E-state index contributed by atoms with van der Waals surface area (Å²) in [6, 6.07) is 6.75. The van der Waals surface area contributed by atoms with Gasteiger partial charge in [0.15, 0.2) is 0 Å². The molecule has 5 heteroatoms. The van der Waals surface area contributed by atoms with Crippen molar-refractivity contribution in [2.45, 2.75) is 32.7 Å². The van der Waals surface area contributed by atoms with Crippen LogP contribution in [0.1, 0.15) is 23.4 Å². The normalized spacial score (nSPS) is 15.2. The van der Waals surface area contributed by atoms with Crippen LogP contribution in [0.25, 0.3) is 0 Å². The van der Waals surface area contributed by atoms with E-state index in [0.29, 0.717) is 13.2 Å². The maximum Gasteiger partial charge on any atom is 0.123 e. The minimum atomic E-state index is -0.190. The van der Waals surface area contributed by atoms with Crippen molar-refractivity contribution in [1.29, 1.82) is 0 Å². The monoisotopic (exact) mass is 315 g/mol. The Labute approximate surface area is 136 Å². The molecule has 1 aromatic carbocycles. The lowest BCUT2D eigenvalue weighted by atomic mass is 10.2. The minimum Gasteiger partial charge on any atom is -0.371 e. The molecular weight excluding hydrogens is 293 g/mol. The second kappa shape index (κ2) is 7.53. The molecule has 2 heterocycles. The number of nitrogens with zero attached hydrogens (tertiary/aromatic N) is 3. The molecule has 0 N–H and O–H groups in total. The molecule has 3 rings (SSSR count). The van der Waals surface area contributed by atoms with Gasteiger partial charge in [0.25, 0.3) is 0 Å². The standard InChI is InChI=1S/C18H22FN3O/c1-2-10-23-13-17-18-12-21(8-3-9-22(18)14-20-17)11-15-4-6-16(19)7-5-15/h2,4-7,14H,1,3,8-13H2. The van der Waals surface area contributed by atoms with Gasteiger partial charge in [-0.05, 0) is 24.1 Å². The molecular formula is C18H22FN3O. The van der Waals surface area contributed by atoms with Gasteiger partial charge < -0.3 is 9.30 Å². The van der Waals surface area contributed by atoms with Crippen molar-refractivity contribution in [3.63, 3.8) is 0 Å². The summed E-state index contributed by atoms with van der Waals surface area (Å²) in [5.74, 6) is -0.190. The molecule has 0 aliphatic carbocycles. The molecule has 0 bridgehead atoms. The number of halogens is 1. The molecule has 0 saturated heterocycles. The van der Waals surface area contributed by atoms with E-state index in [1.54, 1.807) is 6.08 Å². The first-order valence-electron chi connectivity index (χ1n) is 7.94. The zero-order chi connectivity index (χ0) is 16.1. The molecule has 1 aliphatic rings. The van der Waals surface area contributed by atoms with Gasteiger partial charge in [-0.3, -0.25) is 4.90 Å². The number of fused-ring (bicyclic) bond motifs is 1. The van der Waals surface area contributed by atoms with Crippen LogP contribution in [-0.4, -0.2) is 27.6 Å². The highest BCUT2D eigenvalue weighted by Crippen LogP contribution is 2.19. The van der Waals surface area contributed by atoms with Crippen LogP contribution in [-0.2, 0) is 31.0 Å². The topological polar surface area (TPSA) is 30.3 Å². The zero-order valence-corrected chi connectivity index (χ0v) is 13.2. The molecule has 0 amide bonds. The lowest BCUT2D eigenvalue weighted by Gasteiger charge is -2.20. The average molecular weight is 315 g/mol. The van der Waals surface area contributed by atoms with Crippen molar-refractivity contribution in [3.05, 3.63) is 66.0 Å². The Bertz CT molecular complexity index is 651. The van der Waals surface area contributed by atoms with E-state index in [4.69, 9.17) is 4.74 Å². The third-order valence-electron chi connectivity index (χ3n) is 4.07. The predicted octanol–water partition coefficient (Wildman–Crippen LogP) is 3.13. The summed E-state index contributed by atoms with van der Waals surface area (Å²) in [5.41, 5.74) is 3.34. The number of imidazole rings is 1. The number of hydrogen-bond acceptors (Lipinski definition) is 3. The van der Waals surface area contributed by atoms with Gasteiger partial charge in [-0.1, -0.05) is 18.2 Å². The van der Waals surface area contributed by atoms with Crippen LogP contribution in [0.5, 0.6) is 0 Å². The van der Waals surface area contributed by atoms with Crippen LogP contribution in [0, 0.1) is 5.82 Å². The molecule has 4 nitrogen and oxygen atoms in total. The summed E-state index contributed by atoms with van der Waals surface area (Å²) in [6.07, 6.45) is 4.73. The average Bonchev–Trinajstić information content (AvgIpc) is 2.80. The molecule has 1 aliphatic heterocycles. The smallest absolute Gasteiger partial charge is 0.123 e. The summed E-state index contributed by atoms with van der Waals surface area (Å²) < 4.78 is 20.8. The number of ether oxygens (including phenoxy) is 1. The highest BCUT2D eigenvalue weighted by atomic mass is 19.1. The molecule has 0 atom stereocenters. The number of benzene rings is 1. The Hall–Kier alpha value is -1.98. The van der Waals surface area contributed by atoms with E-state index in [1.807, 2.05) is 18.5 Å². The molecule has 0 spiro atoms. The van der Waals surface area contributed by atoms with Crippen molar-refractivity contribution in [2.75, 3.05) is 13.2 Å². The van der Waals surface area contributed by atoms with E-state index >= 15 is 0 Å². The van der Waals surface area contributed by atoms with E-state index in [-0.39, 0.29) is 5.82 Å². The third kappa shape index (κ3) is 4.06. The fourth-order valence-electron chi connectivity index (χ4n) is 2.92. The third-order valence-corrected chi connectivity index (χ3v) is 4.07. The molecule has 2 aromatic rings. The molecule has 23 heavy (non-hydrogen) atoms. The van der Waals surface area contributed by atoms with Gasteiger partial charge in [-0.15, -0.1) is 6.58 Å². The largest absolute Gasteiger partial charge is 0.371 e. The van der Waals surface area contributed by atoms with Gasteiger partial charge in [0.1, 0.15) is 5.82 Å². The second-order valence-corrected chi connectivity index (χ2v) is 5.83. The van der Waals surface area contributed by atoms with Gasteiger partial charge in [-0.25, -0.2) is 9.37 Å². The van der Waals surface area contributed by atoms with E-state index in [1.165, 1.54) is 17.8 Å². The molecule has 0 fully saturated rings. The van der Waals surface area contributed by atoms with Crippen molar-refractivity contribution < 1.29 is 9.13 Å². The summed E-state index contributed by atoms with van der Waals surface area (Å²) in [4.78, 5) is 6.87. The quantitative estimate of drug-likeness (QED) is 0.606. The first-order chi connectivity index (χ1) is 11.3. The van der Waals surface area contributed by atoms with Crippen LogP contribution in [0.2, 0.25) is 0 Å². The van der Waals surface area contributed by atoms with Crippen LogP contribution >= 0.6 is 0 Å². The highest BCUT2D eigenvalue weighted by molar-refractivity contribution is 5.17. The van der Waals surface area contributed by atoms with Gasteiger partial charge in [-0.2, -0.15) is 0 Å².